The van der Waals surface area contributed by atoms with Gasteiger partial charge in [-0.2, -0.15) is 0 Å². The molecule has 0 spiro atoms. The monoisotopic (exact) mass is 480 g/mol. The zero-order valence-corrected chi connectivity index (χ0v) is 18.4. The minimum atomic E-state index is -0.450. The Labute approximate surface area is 203 Å². The van der Waals surface area contributed by atoms with Gasteiger partial charge in [0.15, 0.2) is 23.1 Å². The van der Waals surface area contributed by atoms with E-state index in [1.54, 1.807) is 0 Å². The van der Waals surface area contributed by atoms with Crippen LogP contribution in [0.2, 0.25) is 0 Å². The number of aromatic hydroxyl groups is 4. The maximum atomic E-state index is 12.2. The minimum absolute atomic E-state index is 0.000556. The molecule has 2 aliphatic rings. The summed E-state index contributed by atoms with van der Waals surface area (Å²) in [4.78, 5) is 48.8. The van der Waals surface area contributed by atoms with E-state index in [-0.39, 0.29) is 67.5 Å². The molecular formula is C28H16O8. The maximum Gasteiger partial charge on any atom is 0.198 e. The van der Waals surface area contributed by atoms with Crippen LogP contribution < -0.4 is 0 Å². The molecule has 0 unspecified atom stereocenters. The number of hydrogen-bond acceptors (Lipinski definition) is 8. The van der Waals surface area contributed by atoms with Crippen LogP contribution in [-0.2, 0) is 0 Å². The van der Waals surface area contributed by atoms with Crippen LogP contribution in [0.5, 0.6) is 23.0 Å². The zero-order valence-electron chi connectivity index (χ0n) is 18.4. The molecule has 0 fully saturated rings. The first-order chi connectivity index (χ1) is 17.2. The minimum Gasteiger partial charge on any atom is -0.507 e. The number of hydrogen-bond donors (Lipinski definition) is 4. The summed E-state index contributed by atoms with van der Waals surface area (Å²) in [6.07, 6.45) is 0. The zero-order chi connectivity index (χ0) is 25.7. The van der Waals surface area contributed by atoms with Crippen LogP contribution >= 0.6 is 0 Å². The first-order valence-corrected chi connectivity index (χ1v) is 10.7. The van der Waals surface area contributed by atoms with Crippen molar-refractivity contribution in [2.75, 3.05) is 0 Å². The lowest BCUT2D eigenvalue weighted by molar-refractivity contribution is 0.0974. The number of carbonyl (C=O) groups excluding carboxylic acids is 4. The van der Waals surface area contributed by atoms with Crippen molar-refractivity contribution in [2.45, 2.75) is 0 Å². The molecule has 0 heterocycles. The molecule has 4 N–H and O–H groups in total. The highest BCUT2D eigenvalue weighted by Crippen LogP contribution is 2.37. The van der Waals surface area contributed by atoms with Gasteiger partial charge in [-0.15, -0.1) is 0 Å². The number of benzene rings is 4. The molecule has 176 valence electrons. The molecule has 0 bridgehead atoms. The van der Waals surface area contributed by atoms with Crippen LogP contribution in [-0.4, -0.2) is 43.6 Å². The fourth-order valence-electron chi connectivity index (χ4n) is 4.41. The lowest BCUT2D eigenvalue weighted by atomic mass is 9.83. The van der Waals surface area contributed by atoms with Crippen LogP contribution in [0.4, 0.5) is 0 Å². The van der Waals surface area contributed by atoms with Gasteiger partial charge in [0.25, 0.3) is 0 Å². The molecule has 0 radical (unpaired) electrons. The molecule has 0 aliphatic heterocycles. The molecule has 36 heavy (non-hydrogen) atoms. The maximum absolute atomic E-state index is 12.2. The largest absolute Gasteiger partial charge is 0.507 e. The fraction of sp³-hybridized carbons (Fsp3) is 0. The van der Waals surface area contributed by atoms with Crippen molar-refractivity contribution in [1.29, 1.82) is 0 Å². The first-order valence-electron chi connectivity index (χ1n) is 10.7. The van der Waals surface area contributed by atoms with Crippen molar-refractivity contribution < 1.29 is 39.6 Å². The van der Waals surface area contributed by atoms with E-state index in [2.05, 4.69) is 0 Å². The third kappa shape index (κ3) is 3.24. The summed E-state index contributed by atoms with van der Waals surface area (Å²) in [5.41, 5.74) is 0.480. The highest BCUT2D eigenvalue weighted by Gasteiger charge is 2.34. The lowest BCUT2D eigenvalue weighted by Gasteiger charge is -2.18. The smallest absolute Gasteiger partial charge is 0.198 e. The third-order valence-electron chi connectivity index (χ3n) is 6.06. The van der Waals surface area contributed by atoms with Crippen molar-refractivity contribution in [2.24, 2.45) is 0 Å². The molecule has 6 rings (SSSR count). The van der Waals surface area contributed by atoms with Crippen LogP contribution in [0, 0.1) is 0 Å². The molecule has 0 aromatic heterocycles. The number of rotatable bonds is 0. The van der Waals surface area contributed by atoms with E-state index in [0.717, 1.165) is 0 Å². The van der Waals surface area contributed by atoms with Gasteiger partial charge in [-0.1, -0.05) is 48.5 Å². The molecule has 0 saturated heterocycles. The second-order valence-corrected chi connectivity index (χ2v) is 8.12. The fourth-order valence-corrected chi connectivity index (χ4v) is 4.41. The Morgan fingerprint density at radius 1 is 0.333 bits per heavy atom. The van der Waals surface area contributed by atoms with E-state index < -0.39 is 23.1 Å². The Kier molecular flexibility index (Phi) is 5.14. The Hall–Kier alpha value is -5.24. The number of fused-ring (bicyclic) bond motifs is 4. The van der Waals surface area contributed by atoms with Gasteiger partial charge in [-0.3, -0.25) is 19.2 Å². The highest BCUT2D eigenvalue weighted by atomic mass is 16.3. The first kappa shape index (κ1) is 22.5. The summed E-state index contributed by atoms with van der Waals surface area (Å²) in [6.45, 7) is 0. The summed E-state index contributed by atoms with van der Waals surface area (Å²) >= 11 is 0. The molecular weight excluding hydrogens is 464 g/mol. The third-order valence-corrected chi connectivity index (χ3v) is 6.06. The SMILES string of the molecule is O=C1c2cccc(O)c2C(=O)c2cccc(O)c21.O=C1c2cccc(O)c2C(=O)c2cccc(O)c21. The Balaban J connectivity index is 0.000000148. The number of phenolic OH excluding ortho intramolecular Hbond substituents is 4. The van der Waals surface area contributed by atoms with Gasteiger partial charge in [-0.05, 0) is 24.3 Å². The van der Waals surface area contributed by atoms with E-state index >= 15 is 0 Å². The lowest BCUT2D eigenvalue weighted by Crippen LogP contribution is -2.20. The molecule has 8 nitrogen and oxygen atoms in total. The van der Waals surface area contributed by atoms with Gasteiger partial charge in [-0.25, -0.2) is 0 Å². The van der Waals surface area contributed by atoms with Gasteiger partial charge in [0, 0.05) is 22.3 Å². The quantitative estimate of drug-likeness (QED) is 0.257. The van der Waals surface area contributed by atoms with Gasteiger partial charge in [0.1, 0.15) is 23.0 Å². The summed E-state index contributed by atoms with van der Waals surface area (Å²) < 4.78 is 0. The van der Waals surface area contributed by atoms with Gasteiger partial charge >= 0.3 is 0 Å². The van der Waals surface area contributed by atoms with Crippen molar-refractivity contribution in [3.05, 3.63) is 117 Å². The second kappa shape index (κ2) is 8.21. The van der Waals surface area contributed by atoms with Gasteiger partial charge in [0.2, 0.25) is 0 Å². The summed E-state index contributed by atoms with van der Waals surface area (Å²) in [5.74, 6) is -2.69. The summed E-state index contributed by atoms with van der Waals surface area (Å²) in [7, 11) is 0. The van der Waals surface area contributed by atoms with Crippen molar-refractivity contribution in [3.63, 3.8) is 0 Å². The number of phenols is 4. The molecule has 2 aliphatic carbocycles. The standard InChI is InChI=1S/2C14H8O4/c2*15-9-5-1-3-7-11(9)14(18)8-4-2-6-10(16)12(8)13(7)17/h2*1-6,15-16H. The Bertz CT molecular complexity index is 1400. The van der Waals surface area contributed by atoms with E-state index in [1.807, 2.05) is 0 Å². The average molecular weight is 480 g/mol. The average Bonchev–Trinajstić information content (AvgIpc) is 2.86. The van der Waals surface area contributed by atoms with Crippen molar-refractivity contribution >= 4 is 23.1 Å². The molecule has 0 saturated carbocycles. The van der Waals surface area contributed by atoms with Crippen LogP contribution in [0.3, 0.4) is 0 Å². The van der Waals surface area contributed by atoms with Gasteiger partial charge in [0.05, 0.1) is 22.3 Å². The van der Waals surface area contributed by atoms with E-state index in [1.165, 1.54) is 72.8 Å². The van der Waals surface area contributed by atoms with E-state index in [9.17, 15) is 39.6 Å². The van der Waals surface area contributed by atoms with Gasteiger partial charge < -0.3 is 20.4 Å². The summed E-state index contributed by atoms with van der Waals surface area (Å²) in [5, 5.41) is 38.8. The summed E-state index contributed by atoms with van der Waals surface area (Å²) in [6, 6.07) is 17.2. The highest BCUT2D eigenvalue weighted by molar-refractivity contribution is 6.31. The molecule has 4 aromatic rings. The Morgan fingerprint density at radius 2 is 0.528 bits per heavy atom. The van der Waals surface area contributed by atoms with Crippen LogP contribution in [0.1, 0.15) is 63.7 Å². The molecule has 8 heteroatoms. The number of ketones is 4. The predicted molar refractivity (Wildman–Crippen MR) is 126 cm³/mol. The van der Waals surface area contributed by atoms with Crippen LogP contribution in [0.15, 0.2) is 72.8 Å². The Morgan fingerprint density at radius 3 is 0.722 bits per heavy atom. The normalized spacial score (nSPS) is 13.1. The molecule has 0 amide bonds. The van der Waals surface area contributed by atoms with Crippen LogP contribution in [0.25, 0.3) is 0 Å². The van der Waals surface area contributed by atoms with Crippen molar-refractivity contribution in [1.82, 2.24) is 0 Å². The second-order valence-electron chi connectivity index (χ2n) is 8.12. The topological polar surface area (TPSA) is 149 Å². The molecule has 0 atom stereocenters. The number of carbonyl (C=O) groups is 4. The molecule has 4 aromatic carbocycles. The predicted octanol–water partition coefficient (Wildman–Crippen LogP) is 3.75. The van der Waals surface area contributed by atoms with Crippen molar-refractivity contribution in [3.8, 4) is 23.0 Å². The van der Waals surface area contributed by atoms with E-state index in [4.69, 9.17) is 0 Å². The van der Waals surface area contributed by atoms with E-state index in [0.29, 0.717) is 0 Å².